The molecule has 3 heteroatoms. The van der Waals surface area contributed by atoms with Crippen molar-refractivity contribution in [2.45, 2.75) is 6.92 Å². The molecule has 0 spiro atoms. The van der Waals surface area contributed by atoms with Crippen LogP contribution in [0.15, 0.2) is 53.0 Å². The van der Waals surface area contributed by atoms with Crippen LogP contribution >= 0.6 is 15.9 Å². The normalized spacial score (nSPS) is 10.8. The van der Waals surface area contributed by atoms with Crippen LogP contribution < -0.4 is 5.73 Å². The van der Waals surface area contributed by atoms with Gasteiger partial charge < -0.3 is 5.73 Å². The van der Waals surface area contributed by atoms with Gasteiger partial charge in [0, 0.05) is 21.1 Å². The van der Waals surface area contributed by atoms with E-state index in [9.17, 15) is 0 Å². The van der Waals surface area contributed by atoms with Gasteiger partial charge in [0.05, 0.1) is 11.2 Å². The summed E-state index contributed by atoms with van der Waals surface area (Å²) >= 11 is 3.57. The van der Waals surface area contributed by atoms with Crippen molar-refractivity contribution < 1.29 is 0 Å². The average Bonchev–Trinajstić information content (AvgIpc) is 2.41. The minimum absolute atomic E-state index is 0.758. The highest BCUT2D eigenvalue weighted by molar-refractivity contribution is 9.10. The third-order valence-corrected chi connectivity index (χ3v) is 3.72. The predicted octanol–water partition coefficient (Wildman–Crippen LogP) is 4.55. The molecule has 0 aliphatic rings. The van der Waals surface area contributed by atoms with Gasteiger partial charge in [-0.2, -0.15) is 0 Å². The van der Waals surface area contributed by atoms with Crippen molar-refractivity contribution in [3.05, 3.63) is 58.6 Å². The molecule has 3 aromatic rings. The lowest BCUT2D eigenvalue weighted by Gasteiger charge is -2.09. The maximum atomic E-state index is 6.17. The number of halogens is 1. The van der Waals surface area contributed by atoms with E-state index in [1.165, 1.54) is 5.56 Å². The number of benzene rings is 2. The molecule has 0 saturated carbocycles. The van der Waals surface area contributed by atoms with Crippen molar-refractivity contribution in [2.24, 2.45) is 0 Å². The molecule has 0 saturated heterocycles. The quantitative estimate of drug-likeness (QED) is 0.715. The summed E-state index contributed by atoms with van der Waals surface area (Å²) in [4.78, 5) is 4.72. The minimum Gasteiger partial charge on any atom is -0.398 e. The van der Waals surface area contributed by atoms with E-state index in [-0.39, 0.29) is 0 Å². The molecule has 0 aliphatic carbocycles. The van der Waals surface area contributed by atoms with Crippen LogP contribution in [0.25, 0.3) is 22.2 Å². The van der Waals surface area contributed by atoms with Crippen LogP contribution in [0.4, 0.5) is 5.69 Å². The molecule has 0 amide bonds. The molecular formula is C16H13BrN2. The van der Waals surface area contributed by atoms with Crippen LogP contribution in [-0.2, 0) is 0 Å². The Balaban J connectivity index is 2.31. The lowest BCUT2D eigenvalue weighted by molar-refractivity contribution is 1.37. The Morgan fingerprint density at radius 1 is 1.05 bits per heavy atom. The number of rotatable bonds is 1. The first-order chi connectivity index (χ1) is 9.15. The first-order valence-corrected chi connectivity index (χ1v) is 6.86. The minimum atomic E-state index is 0.758. The molecule has 2 N–H and O–H groups in total. The molecule has 2 aromatic carbocycles. The van der Waals surface area contributed by atoms with Gasteiger partial charge in [-0.05, 0) is 46.6 Å². The van der Waals surface area contributed by atoms with Gasteiger partial charge in [0.25, 0.3) is 0 Å². The summed E-state index contributed by atoms with van der Waals surface area (Å²) in [7, 11) is 0. The van der Waals surface area contributed by atoms with Crippen LogP contribution in [0.3, 0.4) is 0 Å². The summed E-state index contributed by atoms with van der Waals surface area (Å²) in [5, 5.41) is 0.992. The summed E-state index contributed by atoms with van der Waals surface area (Å²) in [6.07, 6.45) is 0. The first kappa shape index (κ1) is 12.2. The van der Waals surface area contributed by atoms with Gasteiger partial charge in [-0.3, -0.25) is 0 Å². The van der Waals surface area contributed by atoms with Crippen molar-refractivity contribution in [3.8, 4) is 11.3 Å². The molecule has 3 rings (SSSR count). The monoisotopic (exact) mass is 312 g/mol. The second kappa shape index (κ2) is 4.67. The largest absolute Gasteiger partial charge is 0.398 e. The van der Waals surface area contributed by atoms with Gasteiger partial charge in [-0.25, -0.2) is 4.98 Å². The zero-order valence-corrected chi connectivity index (χ0v) is 12.1. The molecule has 0 aliphatic heterocycles. The average molecular weight is 313 g/mol. The second-order valence-electron chi connectivity index (χ2n) is 4.61. The van der Waals surface area contributed by atoms with Gasteiger partial charge in [0.1, 0.15) is 0 Å². The Kier molecular flexibility index (Phi) is 2.99. The second-order valence-corrected chi connectivity index (χ2v) is 5.46. The van der Waals surface area contributed by atoms with E-state index in [0.717, 1.165) is 32.3 Å². The lowest BCUT2D eigenvalue weighted by atomic mass is 10.1. The van der Waals surface area contributed by atoms with Gasteiger partial charge in [-0.15, -0.1) is 0 Å². The summed E-state index contributed by atoms with van der Waals surface area (Å²) in [6.45, 7) is 2.05. The third kappa shape index (κ3) is 2.22. The molecular weight excluding hydrogens is 300 g/mol. The maximum Gasteiger partial charge on any atom is 0.0872 e. The van der Waals surface area contributed by atoms with Crippen molar-refractivity contribution in [1.29, 1.82) is 0 Å². The van der Waals surface area contributed by atoms with E-state index in [2.05, 4.69) is 35.0 Å². The zero-order valence-electron chi connectivity index (χ0n) is 10.5. The Labute approximate surface area is 120 Å². The highest BCUT2D eigenvalue weighted by Crippen LogP contribution is 2.31. The Hall–Kier alpha value is -1.87. The molecule has 1 heterocycles. The fourth-order valence-corrected chi connectivity index (χ4v) is 2.87. The van der Waals surface area contributed by atoms with Crippen LogP contribution in [0.5, 0.6) is 0 Å². The van der Waals surface area contributed by atoms with Crippen LogP contribution in [0.2, 0.25) is 0 Å². The number of aryl methyl sites for hydroxylation is 1. The van der Waals surface area contributed by atoms with Crippen LogP contribution in [-0.4, -0.2) is 4.98 Å². The number of hydrogen-bond acceptors (Lipinski definition) is 2. The van der Waals surface area contributed by atoms with Crippen molar-refractivity contribution in [3.63, 3.8) is 0 Å². The zero-order chi connectivity index (χ0) is 13.4. The lowest BCUT2D eigenvalue weighted by Crippen LogP contribution is -1.94. The molecule has 0 bridgehead atoms. The molecule has 19 heavy (non-hydrogen) atoms. The van der Waals surface area contributed by atoms with Crippen molar-refractivity contribution in [2.75, 3.05) is 5.73 Å². The number of fused-ring (bicyclic) bond motifs is 1. The standard InChI is InChI=1S/C16H13BrN2/c1-10-7-12-14(18)9-15(11-5-3-2-4-6-11)19-16(12)13(17)8-10/h2-9H,1H3,(H2,18,19). The highest BCUT2D eigenvalue weighted by atomic mass is 79.9. The number of nitrogens with two attached hydrogens (primary N) is 1. The van der Waals surface area contributed by atoms with Crippen LogP contribution in [0, 0.1) is 6.92 Å². The number of pyridine rings is 1. The summed E-state index contributed by atoms with van der Waals surface area (Å²) in [6, 6.07) is 16.1. The number of aromatic nitrogens is 1. The SMILES string of the molecule is Cc1cc(Br)c2nc(-c3ccccc3)cc(N)c2c1. The summed E-state index contributed by atoms with van der Waals surface area (Å²) < 4.78 is 0.979. The molecule has 0 unspecified atom stereocenters. The van der Waals surface area contributed by atoms with Crippen molar-refractivity contribution in [1.82, 2.24) is 4.98 Å². The first-order valence-electron chi connectivity index (χ1n) is 6.07. The fraction of sp³-hybridized carbons (Fsp3) is 0.0625. The van der Waals surface area contributed by atoms with E-state index in [1.54, 1.807) is 0 Å². The maximum absolute atomic E-state index is 6.17. The molecule has 0 fully saturated rings. The van der Waals surface area contributed by atoms with Gasteiger partial charge in [0.15, 0.2) is 0 Å². The summed E-state index contributed by atoms with van der Waals surface area (Å²) in [5.41, 5.74) is 11.0. The van der Waals surface area contributed by atoms with Gasteiger partial charge in [-0.1, -0.05) is 30.3 Å². The Morgan fingerprint density at radius 3 is 2.53 bits per heavy atom. The van der Waals surface area contributed by atoms with Gasteiger partial charge >= 0.3 is 0 Å². The van der Waals surface area contributed by atoms with Crippen molar-refractivity contribution >= 4 is 32.5 Å². The number of anilines is 1. The highest BCUT2D eigenvalue weighted by Gasteiger charge is 2.08. The smallest absolute Gasteiger partial charge is 0.0872 e. The number of hydrogen-bond donors (Lipinski definition) is 1. The predicted molar refractivity (Wildman–Crippen MR) is 84.0 cm³/mol. The molecule has 0 radical (unpaired) electrons. The van der Waals surface area contributed by atoms with E-state index in [4.69, 9.17) is 10.7 Å². The van der Waals surface area contributed by atoms with E-state index in [1.807, 2.05) is 36.4 Å². The summed E-state index contributed by atoms with van der Waals surface area (Å²) in [5.74, 6) is 0. The number of nitrogens with zero attached hydrogens (tertiary/aromatic N) is 1. The topological polar surface area (TPSA) is 38.9 Å². The van der Waals surface area contributed by atoms with Gasteiger partial charge in [0.2, 0.25) is 0 Å². The Morgan fingerprint density at radius 2 is 1.79 bits per heavy atom. The van der Waals surface area contributed by atoms with E-state index >= 15 is 0 Å². The van der Waals surface area contributed by atoms with E-state index in [0.29, 0.717) is 0 Å². The molecule has 94 valence electrons. The fourth-order valence-electron chi connectivity index (χ4n) is 2.20. The molecule has 0 atom stereocenters. The Bertz CT molecular complexity index is 752. The molecule has 2 nitrogen and oxygen atoms in total. The van der Waals surface area contributed by atoms with Crippen LogP contribution in [0.1, 0.15) is 5.56 Å². The number of nitrogen functional groups attached to an aromatic ring is 1. The molecule has 1 aromatic heterocycles. The van der Waals surface area contributed by atoms with E-state index < -0.39 is 0 Å². The third-order valence-electron chi connectivity index (χ3n) is 3.11.